The van der Waals surface area contributed by atoms with Crippen molar-refractivity contribution in [3.63, 3.8) is 0 Å². The number of esters is 1. The van der Waals surface area contributed by atoms with Gasteiger partial charge in [0.2, 0.25) is 0 Å². The van der Waals surface area contributed by atoms with Gasteiger partial charge in [0.15, 0.2) is 6.61 Å². The van der Waals surface area contributed by atoms with Gasteiger partial charge in [0.05, 0.1) is 11.3 Å². The van der Waals surface area contributed by atoms with Crippen molar-refractivity contribution in [1.29, 1.82) is 0 Å². The Hall–Kier alpha value is -3.71. The smallest absolute Gasteiger partial charge is 0.331 e. The van der Waals surface area contributed by atoms with Crippen molar-refractivity contribution < 1.29 is 19.1 Å². The third-order valence-corrected chi connectivity index (χ3v) is 4.48. The molecule has 0 saturated carbocycles. The van der Waals surface area contributed by atoms with E-state index in [9.17, 15) is 14.4 Å². The Bertz CT molecular complexity index is 1010. The predicted molar refractivity (Wildman–Crippen MR) is 114 cm³/mol. The van der Waals surface area contributed by atoms with E-state index in [-0.39, 0.29) is 5.91 Å². The SMILES string of the molecule is O=C(COC(=O)/C=C/c1ccsc1)Nc1ccccc1C(=O)Nc1ccccc1. The molecule has 0 aliphatic rings. The van der Waals surface area contributed by atoms with E-state index in [0.29, 0.717) is 16.9 Å². The fraction of sp³-hybridized carbons (Fsp3) is 0.0455. The van der Waals surface area contributed by atoms with E-state index in [1.807, 2.05) is 35.0 Å². The first-order valence-electron chi connectivity index (χ1n) is 8.74. The van der Waals surface area contributed by atoms with Crippen LogP contribution in [-0.4, -0.2) is 24.4 Å². The fourth-order valence-electron chi connectivity index (χ4n) is 2.42. The Balaban J connectivity index is 1.56. The van der Waals surface area contributed by atoms with Gasteiger partial charge in [0.25, 0.3) is 11.8 Å². The maximum atomic E-state index is 12.5. The third kappa shape index (κ3) is 6.15. The summed E-state index contributed by atoms with van der Waals surface area (Å²) >= 11 is 1.51. The van der Waals surface area contributed by atoms with Gasteiger partial charge >= 0.3 is 5.97 Å². The number of carbonyl (C=O) groups excluding carboxylic acids is 3. The number of thiophene rings is 1. The standard InChI is InChI=1S/C22H18N2O4S/c25-20(14-28-21(26)11-10-16-12-13-29-15-16)24-19-9-5-4-8-18(19)22(27)23-17-6-2-1-3-7-17/h1-13,15H,14H2,(H,23,27)(H,24,25)/b11-10+. The lowest BCUT2D eigenvalue weighted by atomic mass is 10.1. The monoisotopic (exact) mass is 406 g/mol. The van der Waals surface area contributed by atoms with Gasteiger partial charge in [-0.05, 0) is 52.7 Å². The molecule has 3 rings (SSSR count). The maximum absolute atomic E-state index is 12.5. The molecule has 0 radical (unpaired) electrons. The predicted octanol–water partition coefficient (Wildman–Crippen LogP) is 4.20. The van der Waals surface area contributed by atoms with Crippen LogP contribution in [0.15, 0.2) is 77.5 Å². The highest BCUT2D eigenvalue weighted by atomic mass is 32.1. The van der Waals surface area contributed by atoms with E-state index in [1.165, 1.54) is 17.4 Å². The Morgan fingerprint density at radius 3 is 2.45 bits per heavy atom. The summed E-state index contributed by atoms with van der Waals surface area (Å²) in [7, 11) is 0. The van der Waals surface area contributed by atoms with Crippen molar-refractivity contribution in [2.75, 3.05) is 17.2 Å². The molecule has 0 fully saturated rings. The van der Waals surface area contributed by atoms with Crippen molar-refractivity contribution in [2.45, 2.75) is 0 Å². The average Bonchev–Trinajstić information content (AvgIpc) is 3.25. The minimum atomic E-state index is -0.624. The zero-order chi connectivity index (χ0) is 20.5. The van der Waals surface area contributed by atoms with Crippen molar-refractivity contribution in [1.82, 2.24) is 0 Å². The number of hydrogen-bond acceptors (Lipinski definition) is 5. The molecule has 1 aromatic heterocycles. The molecule has 2 N–H and O–H groups in total. The third-order valence-electron chi connectivity index (χ3n) is 3.78. The van der Waals surface area contributed by atoms with Crippen LogP contribution < -0.4 is 10.6 Å². The van der Waals surface area contributed by atoms with Crippen LogP contribution in [-0.2, 0) is 14.3 Å². The fourth-order valence-corrected chi connectivity index (χ4v) is 3.04. The van der Waals surface area contributed by atoms with Gasteiger partial charge in [-0.3, -0.25) is 9.59 Å². The summed E-state index contributed by atoms with van der Waals surface area (Å²) in [5, 5.41) is 9.15. The van der Waals surface area contributed by atoms with Gasteiger partial charge in [-0.25, -0.2) is 4.79 Å². The Morgan fingerprint density at radius 2 is 1.69 bits per heavy atom. The van der Waals surface area contributed by atoms with Gasteiger partial charge in [-0.2, -0.15) is 11.3 Å². The minimum absolute atomic E-state index is 0.299. The lowest BCUT2D eigenvalue weighted by Gasteiger charge is -2.11. The summed E-state index contributed by atoms with van der Waals surface area (Å²) in [6, 6.07) is 17.5. The Labute approximate surface area is 171 Å². The van der Waals surface area contributed by atoms with Gasteiger partial charge in [-0.1, -0.05) is 30.3 Å². The molecule has 0 unspecified atom stereocenters. The summed E-state index contributed by atoms with van der Waals surface area (Å²) in [6.07, 6.45) is 2.87. The van der Waals surface area contributed by atoms with E-state index < -0.39 is 18.5 Å². The van der Waals surface area contributed by atoms with Crippen molar-refractivity contribution in [2.24, 2.45) is 0 Å². The van der Waals surface area contributed by atoms with Gasteiger partial charge in [-0.15, -0.1) is 0 Å². The molecular formula is C22H18N2O4S. The molecule has 29 heavy (non-hydrogen) atoms. The molecule has 7 heteroatoms. The van der Waals surface area contributed by atoms with Gasteiger partial charge in [0, 0.05) is 11.8 Å². The van der Waals surface area contributed by atoms with E-state index in [0.717, 1.165) is 5.56 Å². The summed E-state index contributed by atoms with van der Waals surface area (Å²) in [4.78, 5) is 36.4. The molecule has 0 bridgehead atoms. The summed E-state index contributed by atoms with van der Waals surface area (Å²) in [5.41, 5.74) is 2.16. The zero-order valence-electron chi connectivity index (χ0n) is 15.3. The second kappa shape index (κ2) is 10.0. The highest BCUT2D eigenvalue weighted by molar-refractivity contribution is 7.08. The van der Waals surface area contributed by atoms with Crippen molar-refractivity contribution in [3.8, 4) is 0 Å². The van der Waals surface area contributed by atoms with E-state index in [4.69, 9.17) is 4.74 Å². The van der Waals surface area contributed by atoms with Crippen LogP contribution in [0.2, 0.25) is 0 Å². The number of amides is 2. The van der Waals surface area contributed by atoms with Crippen molar-refractivity contribution in [3.05, 3.63) is 88.6 Å². The maximum Gasteiger partial charge on any atom is 0.331 e. The molecule has 3 aromatic rings. The number of nitrogens with one attached hydrogen (secondary N) is 2. The molecule has 0 aliphatic heterocycles. The van der Waals surface area contributed by atoms with E-state index in [2.05, 4.69) is 10.6 Å². The molecule has 1 heterocycles. The molecule has 2 aromatic carbocycles. The summed E-state index contributed by atoms with van der Waals surface area (Å²) in [6.45, 7) is -0.457. The first kappa shape index (κ1) is 20.0. The summed E-state index contributed by atoms with van der Waals surface area (Å²) < 4.78 is 4.94. The van der Waals surface area contributed by atoms with E-state index in [1.54, 1.807) is 42.5 Å². The van der Waals surface area contributed by atoms with Crippen LogP contribution >= 0.6 is 11.3 Å². The largest absolute Gasteiger partial charge is 0.452 e. The van der Waals surface area contributed by atoms with Crippen LogP contribution in [0, 0.1) is 0 Å². The molecule has 0 saturated heterocycles. The molecule has 0 atom stereocenters. The lowest BCUT2D eigenvalue weighted by Crippen LogP contribution is -2.22. The minimum Gasteiger partial charge on any atom is -0.452 e. The first-order valence-corrected chi connectivity index (χ1v) is 9.68. The number of rotatable bonds is 7. The zero-order valence-corrected chi connectivity index (χ0v) is 16.1. The highest BCUT2D eigenvalue weighted by Gasteiger charge is 2.14. The van der Waals surface area contributed by atoms with Crippen LogP contribution in [0.1, 0.15) is 15.9 Å². The number of carbonyl (C=O) groups is 3. The highest BCUT2D eigenvalue weighted by Crippen LogP contribution is 2.17. The summed E-state index contributed by atoms with van der Waals surface area (Å²) in [5.74, 6) is -1.52. The van der Waals surface area contributed by atoms with Crippen molar-refractivity contribution >= 4 is 46.6 Å². The van der Waals surface area contributed by atoms with Gasteiger partial charge in [0.1, 0.15) is 0 Å². The second-order valence-electron chi connectivity index (χ2n) is 5.91. The molecule has 0 spiro atoms. The second-order valence-corrected chi connectivity index (χ2v) is 6.69. The Morgan fingerprint density at radius 1 is 0.931 bits per heavy atom. The molecule has 146 valence electrons. The normalized spacial score (nSPS) is 10.5. The first-order chi connectivity index (χ1) is 14.1. The van der Waals surface area contributed by atoms with E-state index >= 15 is 0 Å². The molecular weight excluding hydrogens is 388 g/mol. The van der Waals surface area contributed by atoms with Crippen LogP contribution in [0.25, 0.3) is 6.08 Å². The van der Waals surface area contributed by atoms with Crippen LogP contribution in [0.3, 0.4) is 0 Å². The van der Waals surface area contributed by atoms with Crippen LogP contribution in [0.5, 0.6) is 0 Å². The molecule has 6 nitrogen and oxygen atoms in total. The quantitative estimate of drug-likeness (QED) is 0.455. The Kier molecular flexibility index (Phi) is 6.91. The van der Waals surface area contributed by atoms with Crippen LogP contribution in [0.4, 0.5) is 11.4 Å². The molecule has 0 aliphatic carbocycles. The number of anilines is 2. The molecule has 2 amide bonds. The number of hydrogen-bond donors (Lipinski definition) is 2. The topological polar surface area (TPSA) is 84.5 Å². The average molecular weight is 406 g/mol. The number of para-hydroxylation sites is 2. The van der Waals surface area contributed by atoms with Gasteiger partial charge < -0.3 is 15.4 Å². The number of benzene rings is 2. The number of ether oxygens (including phenoxy) is 1. The lowest BCUT2D eigenvalue weighted by molar-refractivity contribution is -0.142.